The van der Waals surface area contributed by atoms with Gasteiger partial charge in [0.2, 0.25) is 5.82 Å². The number of primary amides is 1. The van der Waals surface area contributed by atoms with Gasteiger partial charge in [-0.1, -0.05) is 13.0 Å². The van der Waals surface area contributed by atoms with Crippen molar-refractivity contribution in [2.75, 3.05) is 5.32 Å². The molecule has 1 saturated heterocycles. The van der Waals surface area contributed by atoms with Crippen LogP contribution in [0, 0.1) is 17.6 Å². The van der Waals surface area contributed by atoms with Crippen LogP contribution in [0.4, 0.5) is 36.4 Å². The fourth-order valence-corrected chi connectivity index (χ4v) is 3.90. The van der Waals surface area contributed by atoms with E-state index in [4.69, 9.17) is 10.5 Å². The number of hydrogen-bond acceptors (Lipinski definition) is 5. The highest BCUT2D eigenvalue weighted by Gasteiger charge is 2.66. The smallest absolute Gasteiger partial charge is 0.417 e. The minimum absolute atomic E-state index is 0.0937. The van der Waals surface area contributed by atoms with Crippen LogP contribution in [-0.4, -0.2) is 41.3 Å². The van der Waals surface area contributed by atoms with E-state index in [-0.39, 0.29) is 11.4 Å². The van der Waals surface area contributed by atoms with E-state index in [9.17, 15) is 40.3 Å². The number of nitrogens with zero attached hydrogens (tertiary/aromatic N) is 1. The quantitative estimate of drug-likeness (QED) is 0.570. The number of ether oxygens (including phenoxy) is 2. The zero-order chi connectivity index (χ0) is 26.3. The first-order valence-electron chi connectivity index (χ1n) is 9.91. The monoisotopic (exact) mass is 509 g/mol. The lowest BCUT2D eigenvalue weighted by molar-refractivity contribution is -0.272. The standard InChI is InChI=1S/C21H18F7N3O4/c1-8-13(10-3-4-11(22)14(23)15(10)34-19(24)25)16(35-20(8,2)21(26,27)28)18(33)31-9-5-6-30-12(7-9)17(29)32/h3-8,13,16,19H,1-2H3,(H2,29,32)(H,30,31,33)/t8-,13+,16+,20-/m1/s1. The normalized spacial score (nSPS) is 24.5. The Bertz CT molecular complexity index is 1140. The number of hydrogen-bond donors (Lipinski definition) is 2. The largest absolute Gasteiger partial charge is 0.431 e. The summed E-state index contributed by atoms with van der Waals surface area (Å²) < 4.78 is 105. The van der Waals surface area contributed by atoms with E-state index in [1.165, 1.54) is 6.07 Å². The SMILES string of the molecule is C[C@@H]1[C@@H](c2ccc(F)c(F)c2OC(F)F)[C@@H](C(=O)Nc2ccnc(C(N)=O)c2)O[C@@]1(C)C(F)(F)F. The van der Waals surface area contributed by atoms with Crippen LogP contribution in [0.1, 0.15) is 35.8 Å². The van der Waals surface area contributed by atoms with Gasteiger partial charge in [-0.2, -0.15) is 26.3 Å². The minimum Gasteiger partial charge on any atom is -0.431 e. The van der Waals surface area contributed by atoms with Crippen molar-refractivity contribution in [2.24, 2.45) is 11.7 Å². The number of nitrogens with two attached hydrogens (primary N) is 1. The van der Waals surface area contributed by atoms with Gasteiger partial charge in [-0.25, -0.2) is 4.39 Å². The predicted molar refractivity (Wildman–Crippen MR) is 106 cm³/mol. The van der Waals surface area contributed by atoms with Crippen molar-refractivity contribution in [3.8, 4) is 5.75 Å². The van der Waals surface area contributed by atoms with Gasteiger partial charge >= 0.3 is 12.8 Å². The summed E-state index contributed by atoms with van der Waals surface area (Å²) in [6.07, 6.45) is -5.97. The van der Waals surface area contributed by atoms with Crippen molar-refractivity contribution in [2.45, 2.75) is 44.3 Å². The lowest BCUT2D eigenvalue weighted by Gasteiger charge is -2.32. The Morgan fingerprint density at radius 2 is 1.89 bits per heavy atom. The number of nitrogens with one attached hydrogen (secondary N) is 1. The van der Waals surface area contributed by atoms with E-state index in [0.29, 0.717) is 13.0 Å². The molecule has 0 bridgehead atoms. The molecule has 1 aromatic carbocycles. The summed E-state index contributed by atoms with van der Waals surface area (Å²) >= 11 is 0. The number of amides is 2. The number of anilines is 1. The second kappa shape index (κ2) is 9.32. The average molecular weight is 509 g/mol. The van der Waals surface area contributed by atoms with Crippen molar-refractivity contribution in [3.05, 3.63) is 53.4 Å². The maximum atomic E-state index is 14.4. The van der Waals surface area contributed by atoms with E-state index in [2.05, 4.69) is 15.0 Å². The van der Waals surface area contributed by atoms with E-state index in [1.54, 1.807) is 0 Å². The van der Waals surface area contributed by atoms with Crippen molar-refractivity contribution in [1.29, 1.82) is 0 Å². The Labute approximate surface area is 193 Å². The van der Waals surface area contributed by atoms with Gasteiger partial charge in [-0.15, -0.1) is 0 Å². The van der Waals surface area contributed by atoms with Gasteiger partial charge in [-0.3, -0.25) is 14.6 Å². The van der Waals surface area contributed by atoms with Gasteiger partial charge in [0.15, 0.2) is 17.2 Å². The summed E-state index contributed by atoms with van der Waals surface area (Å²) in [6.45, 7) is -1.98. The molecule has 7 nitrogen and oxygen atoms in total. The molecule has 3 N–H and O–H groups in total. The highest BCUT2D eigenvalue weighted by molar-refractivity contribution is 5.97. The molecule has 0 radical (unpaired) electrons. The van der Waals surface area contributed by atoms with E-state index in [1.807, 2.05) is 0 Å². The second-order valence-electron chi connectivity index (χ2n) is 7.90. The first-order valence-corrected chi connectivity index (χ1v) is 9.91. The average Bonchev–Trinajstić information content (AvgIpc) is 3.04. The predicted octanol–water partition coefficient (Wildman–Crippen LogP) is 4.14. The summed E-state index contributed by atoms with van der Waals surface area (Å²) in [4.78, 5) is 28.0. The summed E-state index contributed by atoms with van der Waals surface area (Å²) in [6, 6.07) is 3.50. The highest BCUT2D eigenvalue weighted by Crippen LogP contribution is 2.55. The summed E-state index contributed by atoms with van der Waals surface area (Å²) in [5.74, 6) is -10.3. The molecule has 190 valence electrons. The molecule has 3 rings (SSSR count). The third-order valence-electron chi connectivity index (χ3n) is 5.85. The molecule has 0 aliphatic carbocycles. The number of rotatable bonds is 6. The van der Waals surface area contributed by atoms with Crippen LogP contribution in [0.5, 0.6) is 5.75 Å². The molecule has 1 aliphatic rings. The van der Waals surface area contributed by atoms with Crippen LogP contribution >= 0.6 is 0 Å². The molecular formula is C21H18F7N3O4. The Morgan fingerprint density at radius 1 is 1.23 bits per heavy atom. The molecule has 14 heteroatoms. The van der Waals surface area contributed by atoms with E-state index in [0.717, 1.165) is 25.3 Å². The highest BCUT2D eigenvalue weighted by atomic mass is 19.4. The molecule has 0 unspecified atom stereocenters. The van der Waals surface area contributed by atoms with Gasteiger partial charge < -0.3 is 20.5 Å². The number of carbonyl (C=O) groups is 2. The van der Waals surface area contributed by atoms with Crippen LogP contribution in [0.3, 0.4) is 0 Å². The summed E-state index contributed by atoms with van der Waals surface area (Å²) in [7, 11) is 0. The van der Waals surface area contributed by atoms with E-state index < -0.39 is 71.1 Å². The Morgan fingerprint density at radius 3 is 2.46 bits per heavy atom. The lowest BCUT2D eigenvalue weighted by atomic mass is 9.77. The lowest BCUT2D eigenvalue weighted by Crippen LogP contribution is -2.47. The molecule has 1 aliphatic heterocycles. The molecule has 1 aromatic heterocycles. The van der Waals surface area contributed by atoms with Crippen molar-refractivity contribution >= 4 is 17.5 Å². The van der Waals surface area contributed by atoms with Crippen LogP contribution in [0.25, 0.3) is 0 Å². The second-order valence-corrected chi connectivity index (χ2v) is 7.90. The van der Waals surface area contributed by atoms with Gasteiger partial charge in [-0.05, 0) is 25.1 Å². The fraction of sp³-hybridized carbons (Fsp3) is 0.381. The maximum Gasteiger partial charge on any atom is 0.417 e. The number of alkyl halides is 5. The third-order valence-corrected chi connectivity index (χ3v) is 5.85. The maximum absolute atomic E-state index is 14.4. The molecule has 2 heterocycles. The van der Waals surface area contributed by atoms with Crippen LogP contribution in [0.2, 0.25) is 0 Å². The van der Waals surface area contributed by atoms with Crippen LogP contribution in [0.15, 0.2) is 30.5 Å². The van der Waals surface area contributed by atoms with Gasteiger partial charge in [0, 0.05) is 29.3 Å². The number of pyridine rings is 1. The first kappa shape index (κ1) is 26.2. The molecule has 2 aromatic rings. The summed E-state index contributed by atoms with van der Waals surface area (Å²) in [5.41, 5.74) is 1.14. The zero-order valence-corrected chi connectivity index (χ0v) is 18.0. The Kier molecular flexibility index (Phi) is 6.97. The Hall–Kier alpha value is -3.42. The molecule has 0 saturated carbocycles. The molecule has 2 amide bonds. The number of benzene rings is 1. The molecular weight excluding hydrogens is 491 g/mol. The third kappa shape index (κ3) is 4.88. The number of carbonyl (C=O) groups excluding carboxylic acids is 2. The number of halogens is 7. The fourth-order valence-electron chi connectivity index (χ4n) is 3.90. The molecule has 1 fully saturated rings. The van der Waals surface area contributed by atoms with Gasteiger partial charge in [0.1, 0.15) is 11.8 Å². The molecule has 0 spiro atoms. The van der Waals surface area contributed by atoms with Crippen LogP contribution < -0.4 is 15.8 Å². The summed E-state index contributed by atoms with van der Waals surface area (Å²) in [5, 5.41) is 2.24. The first-order chi connectivity index (χ1) is 16.2. The van der Waals surface area contributed by atoms with Crippen molar-refractivity contribution in [3.63, 3.8) is 0 Å². The van der Waals surface area contributed by atoms with Crippen LogP contribution in [-0.2, 0) is 9.53 Å². The van der Waals surface area contributed by atoms with Gasteiger partial charge in [0.25, 0.3) is 11.8 Å². The number of aromatic nitrogens is 1. The molecule has 35 heavy (non-hydrogen) atoms. The van der Waals surface area contributed by atoms with E-state index >= 15 is 0 Å². The van der Waals surface area contributed by atoms with Crippen molar-refractivity contribution < 1.29 is 49.8 Å². The van der Waals surface area contributed by atoms with Gasteiger partial charge in [0.05, 0.1) is 0 Å². The zero-order valence-electron chi connectivity index (χ0n) is 18.0. The Balaban J connectivity index is 2.10. The topological polar surface area (TPSA) is 104 Å². The van der Waals surface area contributed by atoms with Crippen molar-refractivity contribution in [1.82, 2.24) is 4.98 Å². The molecule has 4 atom stereocenters. The minimum atomic E-state index is -5.04.